The van der Waals surface area contributed by atoms with Crippen molar-refractivity contribution in [3.8, 4) is 0 Å². The van der Waals surface area contributed by atoms with E-state index in [0.29, 0.717) is 122 Å². The number of aliphatic hydroxyl groups excluding tert-OH is 1. The molecule has 8 nitrogen and oxygen atoms in total. The summed E-state index contributed by atoms with van der Waals surface area (Å²) in [5, 5.41) is 86.3. The Kier molecular flexibility index (Phi) is 22.7. The summed E-state index contributed by atoms with van der Waals surface area (Å²) in [6.45, 7) is 22.3. The summed E-state index contributed by atoms with van der Waals surface area (Å²) in [7, 11) is 0. The smallest absolute Gasteiger partial charge is 0.0877 e. The first-order valence-electron chi connectivity index (χ1n) is 20.7. The Morgan fingerprint density at radius 3 is 1.15 bits per heavy atom. The summed E-state index contributed by atoms with van der Waals surface area (Å²) in [6, 6.07) is 0. The highest BCUT2D eigenvalue weighted by Gasteiger charge is 2.32. The van der Waals surface area contributed by atoms with Gasteiger partial charge in [-0.15, -0.1) is 6.58 Å². The highest BCUT2D eigenvalue weighted by atomic mass is 16.3. The van der Waals surface area contributed by atoms with Crippen LogP contribution < -0.4 is 0 Å². The Morgan fingerprint density at radius 2 is 0.811 bits per heavy atom. The molecule has 314 valence electrons. The van der Waals surface area contributed by atoms with Crippen molar-refractivity contribution in [3.05, 3.63) is 36.0 Å². The molecule has 0 rings (SSSR count). The molecule has 0 saturated carbocycles. The van der Waals surface area contributed by atoms with Crippen molar-refractivity contribution in [2.75, 3.05) is 0 Å². The van der Waals surface area contributed by atoms with Crippen LogP contribution in [0.2, 0.25) is 0 Å². The zero-order valence-corrected chi connectivity index (χ0v) is 35.9. The van der Waals surface area contributed by atoms with Gasteiger partial charge in [0.05, 0.1) is 45.3 Å². The Bertz CT molecular complexity index is 1080. The predicted octanol–water partition coefficient (Wildman–Crippen LogP) is 8.89. The van der Waals surface area contributed by atoms with E-state index in [1.54, 1.807) is 20.8 Å². The number of rotatable bonds is 31. The van der Waals surface area contributed by atoms with E-state index in [1.165, 1.54) is 11.6 Å². The van der Waals surface area contributed by atoms with Gasteiger partial charge in [-0.25, -0.2) is 0 Å². The second-order valence-corrected chi connectivity index (χ2v) is 19.1. The summed E-state index contributed by atoms with van der Waals surface area (Å²) in [5.74, 6) is 0. The second-order valence-electron chi connectivity index (χ2n) is 19.1. The van der Waals surface area contributed by atoms with Crippen LogP contribution in [0.15, 0.2) is 36.0 Å². The molecule has 0 heterocycles. The monoisotopic (exact) mass is 755 g/mol. The van der Waals surface area contributed by atoms with E-state index in [0.717, 1.165) is 18.4 Å². The Morgan fingerprint density at radius 1 is 0.491 bits per heavy atom. The van der Waals surface area contributed by atoms with Gasteiger partial charge in [0.25, 0.3) is 0 Å². The van der Waals surface area contributed by atoms with E-state index in [-0.39, 0.29) is 0 Å². The quantitative estimate of drug-likeness (QED) is 0.0326. The summed E-state index contributed by atoms with van der Waals surface area (Å²) in [6.07, 6.45) is 17.5. The van der Waals surface area contributed by atoms with Crippen molar-refractivity contribution in [3.63, 3.8) is 0 Å². The van der Waals surface area contributed by atoms with E-state index < -0.39 is 45.3 Å². The minimum atomic E-state index is -1.26. The van der Waals surface area contributed by atoms with Gasteiger partial charge in [-0.1, -0.05) is 29.4 Å². The van der Waals surface area contributed by atoms with Crippen LogP contribution in [0.4, 0.5) is 0 Å². The molecule has 0 saturated heterocycles. The fourth-order valence-corrected chi connectivity index (χ4v) is 7.18. The van der Waals surface area contributed by atoms with Crippen LogP contribution in [0.3, 0.4) is 0 Å². The van der Waals surface area contributed by atoms with Crippen molar-refractivity contribution in [1.29, 1.82) is 0 Å². The van der Waals surface area contributed by atoms with Crippen molar-refractivity contribution in [2.24, 2.45) is 0 Å². The number of hydrogen-bond donors (Lipinski definition) is 8. The largest absolute Gasteiger partial charge is 0.390 e. The van der Waals surface area contributed by atoms with E-state index in [9.17, 15) is 40.9 Å². The van der Waals surface area contributed by atoms with Gasteiger partial charge in [0, 0.05) is 0 Å². The average Bonchev–Trinajstić information content (AvgIpc) is 2.98. The van der Waals surface area contributed by atoms with Gasteiger partial charge in [-0.2, -0.15) is 0 Å². The van der Waals surface area contributed by atoms with Crippen LogP contribution in [0.25, 0.3) is 0 Å². The molecule has 0 aromatic carbocycles. The van der Waals surface area contributed by atoms with Crippen LogP contribution in [-0.2, 0) is 0 Å². The van der Waals surface area contributed by atoms with Gasteiger partial charge in [0.15, 0.2) is 0 Å². The molecule has 0 unspecified atom stereocenters. The Hall–Kier alpha value is -1.10. The first-order chi connectivity index (χ1) is 24.0. The van der Waals surface area contributed by atoms with E-state index in [4.69, 9.17) is 0 Å². The van der Waals surface area contributed by atoms with Gasteiger partial charge in [0.2, 0.25) is 0 Å². The Labute approximate surface area is 325 Å². The zero-order chi connectivity index (χ0) is 41.2. The fourth-order valence-electron chi connectivity index (χ4n) is 7.18. The average molecular weight is 755 g/mol. The molecule has 0 aliphatic rings. The molecule has 0 bridgehead atoms. The van der Waals surface area contributed by atoms with Gasteiger partial charge >= 0.3 is 0 Å². The maximum Gasteiger partial charge on any atom is 0.0877 e. The van der Waals surface area contributed by atoms with Gasteiger partial charge in [0.1, 0.15) is 0 Å². The Balaban J connectivity index is 4.46. The molecule has 0 amide bonds. The molecule has 8 heteroatoms. The number of allylic oxidation sites excluding steroid dienone is 4. The van der Waals surface area contributed by atoms with E-state index in [1.807, 2.05) is 34.6 Å². The van der Waals surface area contributed by atoms with E-state index in [2.05, 4.69) is 32.6 Å². The lowest BCUT2D eigenvalue weighted by Crippen LogP contribution is -2.39. The lowest BCUT2D eigenvalue weighted by atomic mass is 9.83. The zero-order valence-electron chi connectivity index (χ0n) is 35.9. The molecule has 0 spiro atoms. The minimum Gasteiger partial charge on any atom is -0.390 e. The van der Waals surface area contributed by atoms with Gasteiger partial charge < -0.3 is 40.9 Å². The SMILES string of the molecule is C=C[C@@](C)(O)CC/C=C(\C)CC[C@@H](O)[C@](C)(O)CCC[C@](C)(O)CCC[C@](C)(O)CCC[C@](C)(O)CCC[C@](C)(O)CCC[C@](C)(O)CCC=C(C)C. The summed E-state index contributed by atoms with van der Waals surface area (Å²) >= 11 is 0. The van der Waals surface area contributed by atoms with Crippen LogP contribution in [0.1, 0.15) is 204 Å². The molecule has 8 N–H and O–H groups in total. The van der Waals surface area contributed by atoms with Crippen molar-refractivity contribution in [2.45, 2.75) is 249 Å². The van der Waals surface area contributed by atoms with Crippen LogP contribution in [-0.4, -0.2) is 86.2 Å². The van der Waals surface area contributed by atoms with Gasteiger partial charge in [-0.3, -0.25) is 0 Å². The van der Waals surface area contributed by atoms with Crippen LogP contribution in [0, 0.1) is 0 Å². The van der Waals surface area contributed by atoms with Crippen LogP contribution >= 0.6 is 0 Å². The molecule has 0 fully saturated rings. The van der Waals surface area contributed by atoms with Crippen molar-refractivity contribution in [1.82, 2.24) is 0 Å². The van der Waals surface area contributed by atoms with E-state index >= 15 is 0 Å². The first-order valence-corrected chi connectivity index (χ1v) is 20.7. The third kappa shape index (κ3) is 27.2. The third-order valence-corrected chi connectivity index (χ3v) is 11.5. The maximum absolute atomic E-state index is 11.0. The molecule has 0 aromatic rings. The fraction of sp³-hybridized carbons (Fsp3) is 0.867. The molecule has 8 atom stereocenters. The molecule has 0 radical (unpaired) electrons. The number of aliphatic hydroxyl groups is 8. The minimum absolute atomic E-state index is 0.366. The first kappa shape index (κ1) is 51.9. The second kappa shape index (κ2) is 23.2. The molecule has 0 aliphatic heterocycles. The van der Waals surface area contributed by atoms with Crippen LogP contribution in [0.5, 0.6) is 0 Å². The standard InChI is InChI=1S/C45H86O8/c1-12-39(5,47)24-14-21-37(4)22-23-38(46)45(11,53)35-19-34-44(10,52)33-18-32-43(9,51)31-17-30-42(8,50)29-16-28-41(7,49)27-15-26-40(6,48)25-13-20-36(2)3/h12,20-21,38,46-53H,1,13-19,22-35H2,2-11H3/b37-21+/t38-,39-,40-,41-,42-,43-,44-,45-/m1/s1. The molecular formula is C45H86O8. The third-order valence-electron chi connectivity index (χ3n) is 11.5. The highest BCUT2D eigenvalue weighted by molar-refractivity contribution is 5.02. The molecular weight excluding hydrogens is 668 g/mol. The highest BCUT2D eigenvalue weighted by Crippen LogP contribution is 2.32. The molecule has 53 heavy (non-hydrogen) atoms. The van der Waals surface area contributed by atoms with Gasteiger partial charge in [-0.05, 0) is 204 Å². The maximum atomic E-state index is 11.0. The topological polar surface area (TPSA) is 162 Å². The van der Waals surface area contributed by atoms with Crippen molar-refractivity contribution < 1.29 is 40.9 Å². The lowest BCUT2D eigenvalue weighted by Gasteiger charge is -2.32. The molecule has 0 aromatic heterocycles. The number of hydrogen-bond acceptors (Lipinski definition) is 8. The molecule has 0 aliphatic carbocycles. The lowest BCUT2D eigenvalue weighted by molar-refractivity contribution is -0.0746. The normalized spacial score (nSPS) is 21.1. The summed E-state index contributed by atoms with van der Waals surface area (Å²) in [5.41, 5.74) is -4.13. The predicted molar refractivity (Wildman–Crippen MR) is 221 cm³/mol. The van der Waals surface area contributed by atoms with Crippen molar-refractivity contribution >= 4 is 0 Å². The summed E-state index contributed by atoms with van der Waals surface area (Å²) in [4.78, 5) is 0. The summed E-state index contributed by atoms with van der Waals surface area (Å²) < 4.78 is 0.